The van der Waals surface area contributed by atoms with Gasteiger partial charge in [-0.05, 0) is 10.4 Å². The molecule has 1 aliphatic heterocycles. The Bertz CT molecular complexity index is 104. The molecule has 0 aromatic carbocycles. The topological polar surface area (TPSA) is 71.7 Å². The minimum atomic E-state index is 0.479. The molecule has 0 spiro atoms. The summed E-state index contributed by atoms with van der Waals surface area (Å²) in [4.78, 5) is 0. The van der Waals surface area contributed by atoms with Crippen LogP contribution < -0.4 is 0 Å². The van der Waals surface area contributed by atoms with E-state index in [9.17, 15) is 0 Å². The average Bonchev–Trinajstić information content (AvgIpc) is 1.77. The van der Waals surface area contributed by atoms with E-state index in [1.54, 1.807) is 0 Å². The number of hydroxylamine groups is 2. The second-order valence-electron chi connectivity index (χ2n) is 1.12. The lowest BCUT2D eigenvalue weighted by molar-refractivity contribution is -0.114. The van der Waals surface area contributed by atoms with Gasteiger partial charge in [-0.2, -0.15) is 0 Å². The summed E-state index contributed by atoms with van der Waals surface area (Å²) in [5.74, 6) is 0. The molecular weight excluding hydrogens is 112 g/mol. The van der Waals surface area contributed by atoms with Crippen LogP contribution in [0.25, 0.3) is 0 Å². The quantitative estimate of drug-likeness (QED) is 0.472. The predicted molar refractivity (Wildman–Crippen MR) is 21.2 cm³/mol. The zero-order valence-corrected chi connectivity index (χ0v) is 3.84. The van der Waals surface area contributed by atoms with E-state index in [1.165, 1.54) is 0 Å². The second-order valence-corrected chi connectivity index (χ2v) is 1.12. The van der Waals surface area contributed by atoms with Crippen LogP contribution in [0.1, 0.15) is 0 Å². The minimum absolute atomic E-state index is 0.479. The Morgan fingerprint density at radius 3 is 1.62 bits per heavy atom. The summed E-state index contributed by atoms with van der Waals surface area (Å²) in [5, 5.41) is 23.7. The zero-order valence-electron chi connectivity index (χ0n) is 3.84. The molecule has 0 saturated heterocycles. The van der Waals surface area contributed by atoms with Gasteiger partial charge in [0.05, 0.1) is 12.4 Å². The summed E-state index contributed by atoms with van der Waals surface area (Å²) in [6.45, 7) is 0. The fourth-order valence-corrected chi connectivity index (χ4v) is 0.261. The minimum Gasteiger partial charge on any atom is -0.266 e. The molecule has 0 aliphatic carbocycles. The molecule has 0 atom stereocenters. The first-order valence-corrected chi connectivity index (χ1v) is 1.85. The van der Waals surface area contributed by atoms with Crippen LogP contribution in [0.15, 0.2) is 22.8 Å². The average molecular weight is 116 g/mol. The molecule has 0 amide bonds. The van der Waals surface area contributed by atoms with Gasteiger partial charge in [0.15, 0.2) is 0 Å². The standard InChI is InChI=1S/C2H4N4O2/c7-5-1-2-6(8)4-3-5/h1-2,7-8H. The lowest BCUT2D eigenvalue weighted by Gasteiger charge is -2.09. The van der Waals surface area contributed by atoms with Crippen LogP contribution in [-0.2, 0) is 0 Å². The van der Waals surface area contributed by atoms with Crippen molar-refractivity contribution in [3.63, 3.8) is 0 Å². The Hall–Kier alpha value is -1.14. The van der Waals surface area contributed by atoms with Crippen molar-refractivity contribution in [3.05, 3.63) is 12.4 Å². The molecule has 0 aromatic rings. The van der Waals surface area contributed by atoms with E-state index in [4.69, 9.17) is 10.4 Å². The molecule has 0 saturated carbocycles. The van der Waals surface area contributed by atoms with E-state index in [-0.39, 0.29) is 0 Å². The molecule has 6 heteroatoms. The van der Waals surface area contributed by atoms with Gasteiger partial charge in [0.1, 0.15) is 0 Å². The highest BCUT2D eigenvalue weighted by Gasteiger charge is 1.96. The fourth-order valence-electron chi connectivity index (χ4n) is 0.261. The Labute approximate surface area is 44.8 Å². The first-order valence-electron chi connectivity index (χ1n) is 1.85. The molecule has 0 radical (unpaired) electrons. The van der Waals surface area contributed by atoms with E-state index in [1.807, 2.05) is 0 Å². The zero-order chi connectivity index (χ0) is 5.98. The first-order chi connectivity index (χ1) is 3.79. The molecule has 8 heavy (non-hydrogen) atoms. The largest absolute Gasteiger partial charge is 0.266 e. The highest BCUT2D eigenvalue weighted by atomic mass is 16.6. The van der Waals surface area contributed by atoms with Crippen molar-refractivity contribution in [1.82, 2.24) is 10.3 Å². The van der Waals surface area contributed by atoms with Crippen LogP contribution in [0.5, 0.6) is 0 Å². The Balaban J connectivity index is 2.54. The highest BCUT2D eigenvalue weighted by molar-refractivity contribution is 4.72. The SMILES string of the molecule is ON1C=CN(O)N=N1. The number of hydrogen-bond acceptors (Lipinski definition) is 6. The van der Waals surface area contributed by atoms with Crippen molar-refractivity contribution < 1.29 is 10.4 Å². The second kappa shape index (κ2) is 1.76. The monoisotopic (exact) mass is 116 g/mol. The molecule has 2 N–H and O–H groups in total. The normalized spacial score (nSPS) is 17.8. The summed E-state index contributed by atoms with van der Waals surface area (Å²) in [5.41, 5.74) is 0. The van der Waals surface area contributed by atoms with E-state index < -0.39 is 0 Å². The smallest absolute Gasteiger partial charge is 0.0763 e. The summed E-state index contributed by atoms with van der Waals surface area (Å²) in [6.07, 6.45) is 2.26. The Morgan fingerprint density at radius 1 is 1.00 bits per heavy atom. The van der Waals surface area contributed by atoms with Gasteiger partial charge in [-0.25, -0.2) is 0 Å². The molecule has 44 valence electrons. The van der Waals surface area contributed by atoms with Crippen LogP contribution in [0, 0.1) is 0 Å². The Kier molecular flexibility index (Phi) is 1.10. The van der Waals surface area contributed by atoms with Crippen LogP contribution in [0.2, 0.25) is 0 Å². The van der Waals surface area contributed by atoms with Crippen molar-refractivity contribution in [2.45, 2.75) is 0 Å². The van der Waals surface area contributed by atoms with Crippen LogP contribution in [-0.4, -0.2) is 20.8 Å². The third kappa shape index (κ3) is 0.922. The van der Waals surface area contributed by atoms with Crippen molar-refractivity contribution in [2.24, 2.45) is 10.4 Å². The maximum atomic E-state index is 8.38. The van der Waals surface area contributed by atoms with Gasteiger partial charge in [-0.1, -0.05) is 0 Å². The molecule has 0 fully saturated rings. The lowest BCUT2D eigenvalue weighted by Crippen LogP contribution is -2.12. The van der Waals surface area contributed by atoms with E-state index in [0.29, 0.717) is 10.3 Å². The molecular formula is C2H4N4O2. The lowest BCUT2D eigenvalue weighted by atomic mass is 10.9. The van der Waals surface area contributed by atoms with Gasteiger partial charge < -0.3 is 0 Å². The fraction of sp³-hybridized carbons (Fsp3) is 0. The first kappa shape index (κ1) is 5.01. The number of nitrogens with zero attached hydrogens (tertiary/aromatic N) is 4. The molecule has 1 heterocycles. The number of hydrogen-bond donors (Lipinski definition) is 2. The van der Waals surface area contributed by atoms with Gasteiger partial charge in [0.25, 0.3) is 0 Å². The van der Waals surface area contributed by atoms with Crippen LogP contribution >= 0.6 is 0 Å². The summed E-state index contributed by atoms with van der Waals surface area (Å²) >= 11 is 0. The molecule has 0 aromatic heterocycles. The molecule has 6 nitrogen and oxygen atoms in total. The van der Waals surface area contributed by atoms with Gasteiger partial charge in [0, 0.05) is 0 Å². The Morgan fingerprint density at radius 2 is 1.38 bits per heavy atom. The summed E-state index contributed by atoms with van der Waals surface area (Å²) < 4.78 is 0. The molecule has 1 aliphatic rings. The maximum Gasteiger partial charge on any atom is 0.0763 e. The van der Waals surface area contributed by atoms with E-state index >= 15 is 0 Å². The molecule has 0 bridgehead atoms. The van der Waals surface area contributed by atoms with E-state index in [2.05, 4.69) is 10.4 Å². The van der Waals surface area contributed by atoms with Gasteiger partial charge >= 0.3 is 0 Å². The summed E-state index contributed by atoms with van der Waals surface area (Å²) in [6, 6.07) is 0. The van der Waals surface area contributed by atoms with Gasteiger partial charge in [-0.3, -0.25) is 10.4 Å². The van der Waals surface area contributed by atoms with Crippen molar-refractivity contribution in [1.29, 1.82) is 0 Å². The highest BCUT2D eigenvalue weighted by Crippen LogP contribution is 1.97. The van der Waals surface area contributed by atoms with Crippen molar-refractivity contribution >= 4 is 0 Å². The predicted octanol–water partition coefficient (Wildman–Crippen LogP) is 0.136. The van der Waals surface area contributed by atoms with Crippen LogP contribution in [0.3, 0.4) is 0 Å². The third-order valence-corrected chi connectivity index (χ3v) is 0.557. The number of rotatable bonds is 0. The molecule has 0 unspecified atom stereocenters. The molecule has 1 rings (SSSR count). The van der Waals surface area contributed by atoms with Crippen molar-refractivity contribution in [3.8, 4) is 0 Å². The maximum absolute atomic E-state index is 8.38. The van der Waals surface area contributed by atoms with Gasteiger partial charge in [0.2, 0.25) is 0 Å². The van der Waals surface area contributed by atoms with Gasteiger partial charge in [-0.15, -0.1) is 10.3 Å². The van der Waals surface area contributed by atoms with Crippen LogP contribution in [0.4, 0.5) is 0 Å². The third-order valence-electron chi connectivity index (χ3n) is 0.557. The van der Waals surface area contributed by atoms with Crippen molar-refractivity contribution in [2.75, 3.05) is 0 Å². The van der Waals surface area contributed by atoms with E-state index in [0.717, 1.165) is 12.4 Å². The summed E-state index contributed by atoms with van der Waals surface area (Å²) in [7, 11) is 0.